The maximum Gasteiger partial charge on any atom is 0.333 e. The molecule has 0 aromatic heterocycles. The minimum atomic E-state index is -0.536. The Balaban J connectivity index is 0.00000405. The predicted molar refractivity (Wildman–Crippen MR) is 160 cm³/mol. The first kappa shape index (κ1) is 31.4. The minimum absolute atomic E-state index is 0. The first-order chi connectivity index (χ1) is 19.5. The molecule has 3 aliphatic heterocycles. The third kappa shape index (κ3) is 5.74. The molecule has 0 radical (unpaired) electrons. The van der Waals surface area contributed by atoms with Crippen LogP contribution in [0.2, 0.25) is 0 Å². The highest BCUT2D eigenvalue weighted by molar-refractivity contribution is 6.03. The number of anilines is 1. The molecule has 2 aromatic carbocycles. The van der Waals surface area contributed by atoms with Crippen molar-refractivity contribution >= 4 is 34.9 Å². The van der Waals surface area contributed by atoms with E-state index in [4.69, 9.17) is 4.84 Å². The van der Waals surface area contributed by atoms with Crippen LogP contribution in [0.25, 0.3) is 0 Å². The average Bonchev–Trinajstić information content (AvgIpc) is 3.45. The molecule has 0 spiro atoms. The molecule has 8 heteroatoms. The van der Waals surface area contributed by atoms with Gasteiger partial charge in [-0.1, -0.05) is 62.7 Å². The summed E-state index contributed by atoms with van der Waals surface area (Å²) in [5.74, 6) is -1.43. The summed E-state index contributed by atoms with van der Waals surface area (Å²) in [5.41, 5.74) is 7.41. The van der Waals surface area contributed by atoms with Crippen LogP contribution in [0.1, 0.15) is 77.3 Å². The van der Waals surface area contributed by atoms with E-state index in [2.05, 4.69) is 111 Å². The van der Waals surface area contributed by atoms with E-state index >= 15 is 0 Å². The van der Waals surface area contributed by atoms with Gasteiger partial charge in [0.05, 0.1) is 5.41 Å². The van der Waals surface area contributed by atoms with Crippen LogP contribution in [0.5, 0.6) is 0 Å². The zero-order valence-corrected chi connectivity index (χ0v) is 26.7. The van der Waals surface area contributed by atoms with Crippen molar-refractivity contribution in [1.29, 1.82) is 0 Å². The molecular formula is C34H40BrN3O4. The van der Waals surface area contributed by atoms with Crippen molar-refractivity contribution in [2.24, 2.45) is 0 Å². The number of hydrogen-bond acceptors (Lipinski definition) is 5. The zero-order chi connectivity index (χ0) is 29.4. The highest BCUT2D eigenvalue weighted by Gasteiger charge is 2.43. The smallest absolute Gasteiger partial charge is 0.333 e. The highest BCUT2D eigenvalue weighted by Crippen LogP contribution is 2.47. The summed E-state index contributed by atoms with van der Waals surface area (Å²) >= 11 is 0. The number of unbranched alkanes of at least 4 members (excludes halogenated alkanes) is 2. The van der Waals surface area contributed by atoms with Gasteiger partial charge in [-0.15, -0.1) is 5.06 Å². The van der Waals surface area contributed by atoms with E-state index in [-0.39, 0.29) is 47.1 Å². The van der Waals surface area contributed by atoms with Crippen molar-refractivity contribution in [3.63, 3.8) is 0 Å². The van der Waals surface area contributed by atoms with Gasteiger partial charge in [0.1, 0.15) is 7.05 Å². The Morgan fingerprint density at radius 3 is 2.24 bits per heavy atom. The second-order valence-corrected chi connectivity index (χ2v) is 12.1. The van der Waals surface area contributed by atoms with E-state index in [0.29, 0.717) is 11.5 Å². The molecule has 3 heterocycles. The number of amides is 2. The molecule has 2 aromatic rings. The van der Waals surface area contributed by atoms with Crippen LogP contribution < -0.4 is 21.9 Å². The fraction of sp³-hybridized carbons (Fsp3) is 0.412. The molecule has 2 amide bonds. The van der Waals surface area contributed by atoms with Crippen LogP contribution in [0.4, 0.5) is 11.4 Å². The van der Waals surface area contributed by atoms with E-state index in [1.807, 2.05) is 0 Å². The zero-order valence-electron chi connectivity index (χ0n) is 25.2. The topological polar surface area (TPSA) is 69.9 Å². The van der Waals surface area contributed by atoms with Gasteiger partial charge in [0.2, 0.25) is 5.69 Å². The summed E-state index contributed by atoms with van der Waals surface area (Å²) in [6.45, 7) is 9.93. The van der Waals surface area contributed by atoms with Crippen molar-refractivity contribution in [2.75, 3.05) is 18.5 Å². The number of allylic oxidation sites excluding steroid dienone is 4. The molecular weight excluding hydrogens is 594 g/mol. The number of fused-ring (bicyclic) bond motifs is 2. The largest absolute Gasteiger partial charge is 1.00 e. The molecule has 222 valence electrons. The van der Waals surface area contributed by atoms with Gasteiger partial charge < -0.3 is 26.7 Å². The third-order valence-electron chi connectivity index (χ3n) is 8.71. The monoisotopic (exact) mass is 633 g/mol. The van der Waals surface area contributed by atoms with Crippen LogP contribution in [0.3, 0.4) is 0 Å². The highest BCUT2D eigenvalue weighted by atomic mass is 79.9. The number of hydroxylamine groups is 2. The molecule has 1 fully saturated rings. The van der Waals surface area contributed by atoms with Crippen LogP contribution in [0, 0.1) is 0 Å². The molecule has 0 atom stereocenters. The van der Waals surface area contributed by atoms with E-state index in [1.54, 1.807) is 0 Å². The van der Waals surface area contributed by atoms with E-state index in [1.165, 1.54) is 33.9 Å². The Bertz CT molecular complexity index is 1470. The summed E-state index contributed by atoms with van der Waals surface area (Å²) in [6, 6.07) is 17.2. The molecule has 3 aliphatic rings. The fourth-order valence-electron chi connectivity index (χ4n) is 6.44. The Kier molecular flexibility index (Phi) is 9.26. The van der Waals surface area contributed by atoms with Gasteiger partial charge in [0.25, 0.3) is 11.8 Å². The number of benzene rings is 2. The molecule has 0 bridgehead atoms. The number of carbonyl (C=O) groups excluding carboxylic acids is 3. The van der Waals surface area contributed by atoms with Gasteiger partial charge >= 0.3 is 5.97 Å². The van der Waals surface area contributed by atoms with Crippen molar-refractivity contribution in [1.82, 2.24) is 5.06 Å². The lowest BCUT2D eigenvalue weighted by atomic mass is 9.81. The number of para-hydroxylation sites is 2. The fourth-order valence-corrected chi connectivity index (χ4v) is 6.44. The molecule has 0 aliphatic carbocycles. The molecule has 1 saturated heterocycles. The number of halogens is 1. The van der Waals surface area contributed by atoms with Crippen molar-refractivity contribution < 1.29 is 40.8 Å². The second kappa shape index (κ2) is 12.4. The van der Waals surface area contributed by atoms with Crippen LogP contribution in [-0.2, 0) is 30.1 Å². The molecule has 0 N–H and O–H groups in total. The second-order valence-electron chi connectivity index (χ2n) is 12.1. The number of imide groups is 1. The summed E-state index contributed by atoms with van der Waals surface area (Å²) in [6.07, 6.45) is 9.41. The van der Waals surface area contributed by atoms with Crippen molar-refractivity contribution in [3.8, 4) is 0 Å². The van der Waals surface area contributed by atoms with Crippen LogP contribution in [0.15, 0.2) is 72.5 Å². The quantitative estimate of drug-likeness (QED) is 0.241. The first-order valence-electron chi connectivity index (χ1n) is 14.6. The van der Waals surface area contributed by atoms with E-state index in [0.717, 1.165) is 19.4 Å². The standard InChI is InChI=1S/C34H40N3O4.BrH/c1-33(2)24-14-8-10-16-26(24)35(5)28(33)18-13-19-29-34(3,4)25-15-9-11-17-27(25)36(29)23-12-6-7-20-32(40)41-37-30(38)21-22-31(37)39;/h8-11,13-19H,6-7,12,20-23H2,1-5H3;1H/q+1;/p-1. The Hall–Kier alpha value is -3.52. The van der Waals surface area contributed by atoms with Crippen molar-refractivity contribution in [3.05, 3.63) is 83.6 Å². The minimum Gasteiger partial charge on any atom is -1.00 e. The van der Waals surface area contributed by atoms with Gasteiger partial charge in [-0.05, 0) is 44.4 Å². The Labute approximate surface area is 259 Å². The molecule has 7 nitrogen and oxygen atoms in total. The number of nitrogens with zero attached hydrogens (tertiary/aromatic N) is 3. The summed E-state index contributed by atoms with van der Waals surface area (Å²) < 4.78 is 2.29. The van der Waals surface area contributed by atoms with Crippen LogP contribution >= 0.6 is 0 Å². The summed E-state index contributed by atoms with van der Waals surface area (Å²) in [4.78, 5) is 43.0. The maximum absolute atomic E-state index is 12.2. The lowest BCUT2D eigenvalue weighted by Gasteiger charge is -2.27. The molecule has 0 unspecified atom stereocenters. The molecule has 5 rings (SSSR count). The normalized spacial score (nSPS) is 19.5. The van der Waals surface area contributed by atoms with Gasteiger partial charge in [0, 0.05) is 60.3 Å². The summed E-state index contributed by atoms with van der Waals surface area (Å²) in [7, 11) is 2.14. The summed E-state index contributed by atoms with van der Waals surface area (Å²) in [5, 5.41) is 0.623. The average molecular weight is 635 g/mol. The van der Waals surface area contributed by atoms with Crippen molar-refractivity contribution in [2.45, 2.75) is 77.0 Å². The number of rotatable bonds is 9. The lowest BCUT2D eigenvalue weighted by Crippen LogP contribution is -3.00. The maximum atomic E-state index is 12.2. The SMILES string of the molecule is C[N+]1=C(/C=C/C=C2/N(CCCCCC(=O)ON3C(=O)CCC3=O)c3ccccc3C2(C)C)C(C)(C)c2ccccc21.[Br-]. The third-order valence-corrected chi connectivity index (χ3v) is 8.71. The van der Waals surface area contributed by atoms with Gasteiger partial charge in [-0.25, -0.2) is 4.79 Å². The Morgan fingerprint density at radius 1 is 0.905 bits per heavy atom. The van der Waals surface area contributed by atoms with E-state index < -0.39 is 17.8 Å². The number of carbonyl (C=O) groups is 3. The Morgan fingerprint density at radius 2 is 1.55 bits per heavy atom. The van der Waals surface area contributed by atoms with E-state index in [9.17, 15) is 14.4 Å². The van der Waals surface area contributed by atoms with Gasteiger partial charge in [-0.2, -0.15) is 4.58 Å². The molecule has 0 saturated carbocycles. The lowest BCUT2D eigenvalue weighted by molar-refractivity contribution is -0.401. The molecule has 42 heavy (non-hydrogen) atoms. The number of hydrogen-bond donors (Lipinski definition) is 0. The first-order valence-corrected chi connectivity index (χ1v) is 14.6. The van der Waals surface area contributed by atoms with Gasteiger partial charge in [-0.3, -0.25) is 9.59 Å². The predicted octanol–water partition coefficient (Wildman–Crippen LogP) is 3.10. The van der Waals surface area contributed by atoms with Crippen LogP contribution in [-0.4, -0.2) is 46.7 Å². The van der Waals surface area contributed by atoms with Gasteiger partial charge in [0.15, 0.2) is 5.71 Å².